The molecule has 0 aromatic carbocycles. The maximum absolute atomic E-state index is 11.3. The smallest absolute Gasteiger partial charge is 0.323 e. The average Bonchev–Trinajstić information content (AvgIpc) is 2.98. The molecule has 0 heterocycles. The van der Waals surface area contributed by atoms with Gasteiger partial charge in [0.2, 0.25) is 0 Å². The van der Waals surface area contributed by atoms with Crippen LogP contribution in [0.15, 0.2) is 0 Å². The fourth-order valence-electron chi connectivity index (χ4n) is 1.77. The molecule has 94 valence electrons. The second kappa shape index (κ2) is 5.89. The summed E-state index contributed by atoms with van der Waals surface area (Å²) in [6.07, 6.45) is 2.76. The zero-order valence-corrected chi connectivity index (χ0v) is 10.7. The highest BCUT2D eigenvalue weighted by molar-refractivity contribution is 7.99. The van der Waals surface area contributed by atoms with E-state index in [1.807, 2.05) is 6.92 Å². The van der Waals surface area contributed by atoms with E-state index in [9.17, 15) is 9.90 Å². The van der Waals surface area contributed by atoms with Gasteiger partial charge in [0.25, 0.3) is 0 Å². The average molecular weight is 247 g/mol. The summed E-state index contributed by atoms with van der Waals surface area (Å²) in [5.74, 6) is -0.115. The number of carboxylic acid groups (broad SMARTS) is 1. The predicted octanol–water partition coefficient (Wildman–Crippen LogP) is 1.09. The van der Waals surface area contributed by atoms with Gasteiger partial charge in [-0.05, 0) is 26.2 Å². The van der Waals surface area contributed by atoms with Crippen LogP contribution in [0.2, 0.25) is 0 Å². The summed E-state index contributed by atoms with van der Waals surface area (Å²) >= 11 is 1.61. The molecule has 4 nitrogen and oxygen atoms in total. The third-order valence-electron chi connectivity index (χ3n) is 2.76. The highest BCUT2D eigenvalue weighted by atomic mass is 32.2. The molecule has 0 radical (unpaired) electrons. The zero-order valence-electron chi connectivity index (χ0n) is 9.90. The van der Waals surface area contributed by atoms with Crippen LogP contribution in [0.1, 0.15) is 33.1 Å². The van der Waals surface area contributed by atoms with Crippen LogP contribution in [-0.4, -0.2) is 45.4 Å². The highest BCUT2D eigenvalue weighted by Crippen LogP contribution is 2.27. The van der Waals surface area contributed by atoms with Crippen molar-refractivity contribution in [2.75, 3.05) is 12.4 Å². The molecule has 0 spiro atoms. The number of carbonyl (C=O) groups is 1. The van der Waals surface area contributed by atoms with Crippen molar-refractivity contribution in [3.63, 3.8) is 0 Å². The van der Waals surface area contributed by atoms with E-state index >= 15 is 0 Å². The quantitative estimate of drug-likeness (QED) is 0.599. The van der Waals surface area contributed by atoms with Crippen molar-refractivity contribution in [1.82, 2.24) is 5.32 Å². The molecule has 5 heteroatoms. The number of hydrogen-bond acceptors (Lipinski definition) is 4. The second-order valence-electron chi connectivity index (χ2n) is 4.67. The van der Waals surface area contributed by atoms with Crippen molar-refractivity contribution >= 4 is 17.7 Å². The minimum atomic E-state index is -0.830. The number of carboxylic acids is 1. The van der Waals surface area contributed by atoms with Crippen molar-refractivity contribution in [2.45, 2.75) is 49.9 Å². The van der Waals surface area contributed by atoms with Gasteiger partial charge in [0.05, 0.1) is 6.61 Å². The monoisotopic (exact) mass is 247 g/mol. The maximum atomic E-state index is 11.3. The number of hydrogen-bond donors (Lipinski definition) is 3. The van der Waals surface area contributed by atoms with Crippen molar-refractivity contribution in [2.24, 2.45) is 0 Å². The van der Waals surface area contributed by atoms with Crippen LogP contribution in [-0.2, 0) is 4.79 Å². The Labute approximate surface area is 101 Å². The molecule has 0 aliphatic heterocycles. The minimum absolute atomic E-state index is 0.148. The summed E-state index contributed by atoms with van der Waals surface area (Å²) in [6, 6.07) is 0.385. The van der Waals surface area contributed by atoms with Gasteiger partial charge in [-0.15, -0.1) is 0 Å². The number of rotatable bonds is 8. The third kappa shape index (κ3) is 4.31. The molecule has 1 rings (SSSR count). The van der Waals surface area contributed by atoms with E-state index in [1.165, 1.54) is 0 Å². The van der Waals surface area contributed by atoms with E-state index in [2.05, 4.69) is 5.32 Å². The summed E-state index contributed by atoms with van der Waals surface area (Å²) in [4.78, 5) is 11.3. The van der Waals surface area contributed by atoms with Crippen molar-refractivity contribution < 1.29 is 15.0 Å². The Kier molecular flexibility index (Phi) is 5.08. The first-order valence-corrected chi connectivity index (χ1v) is 6.76. The molecule has 1 fully saturated rings. The first-order valence-electron chi connectivity index (χ1n) is 5.71. The van der Waals surface area contributed by atoms with Crippen molar-refractivity contribution in [3.05, 3.63) is 0 Å². The fourth-order valence-corrected chi connectivity index (χ4v) is 2.73. The summed E-state index contributed by atoms with van der Waals surface area (Å²) < 4.78 is 0. The van der Waals surface area contributed by atoms with Crippen molar-refractivity contribution in [1.29, 1.82) is 0 Å². The fraction of sp³-hybridized carbons (Fsp3) is 0.909. The molecule has 2 atom stereocenters. The summed E-state index contributed by atoms with van der Waals surface area (Å²) in [5, 5.41) is 21.4. The van der Waals surface area contributed by atoms with Crippen LogP contribution < -0.4 is 5.32 Å². The van der Waals surface area contributed by atoms with E-state index in [0.29, 0.717) is 18.2 Å². The van der Waals surface area contributed by atoms with Crippen LogP contribution >= 0.6 is 11.8 Å². The molecule has 16 heavy (non-hydrogen) atoms. The van der Waals surface area contributed by atoms with Gasteiger partial charge in [-0.25, -0.2) is 0 Å². The molecule has 0 aromatic heterocycles. The van der Waals surface area contributed by atoms with Crippen LogP contribution in [0.25, 0.3) is 0 Å². The van der Waals surface area contributed by atoms with Crippen LogP contribution in [0.4, 0.5) is 0 Å². The number of aliphatic hydroxyl groups is 1. The minimum Gasteiger partial charge on any atom is -0.480 e. The number of nitrogens with one attached hydrogen (secondary N) is 1. The topological polar surface area (TPSA) is 69.6 Å². The zero-order chi connectivity index (χ0) is 12.2. The molecule has 0 amide bonds. The van der Waals surface area contributed by atoms with E-state index in [0.717, 1.165) is 12.8 Å². The maximum Gasteiger partial charge on any atom is 0.323 e. The number of aliphatic hydroxyl groups excluding tert-OH is 1. The van der Waals surface area contributed by atoms with Gasteiger partial charge in [0.15, 0.2) is 0 Å². The third-order valence-corrected chi connectivity index (χ3v) is 3.92. The van der Waals surface area contributed by atoms with E-state index in [1.54, 1.807) is 18.7 Å². The number of aliphatic carboxylic acids is 1. The largest absolute Gasteiger partial charge is 0.480 e. The Balaban J connectivity index is 2.45. The predicted molar refractivity (Wildman–Crippen MR) is 65.8 cm³/mol. The van der Waals surface area contributed by atoms with Gasteiger partial charge < -0.3 is 10.2 Å². The molecule has 1 aliphatic rings. The van der Waals surface area contributed by atoms with E-state index < -0.39 is 11.5 Å². The van der Waals surface area contributed by atoms with Crippen LogP contribution in [0, 0.1) is 0 Å². The van der Waals surface area contributed by atoms with E-state index in [-0.39, 0.29) is 11.9 Å². The lowest BCUT2D eigenvalue weighted by atomic mass is 9.96. The van der Waals surface area contributed by atoms with Gasteiger partial charge in [0, 0.05) is 17.0 Å². The molecule has 0 aromatic rings. The lowest BCUT2D eigenvalue weighted by Crippen LogP contribution is -2.52. The molecule has 0 bridgehead atoms. The van der Waals surface area contributed by atoms with Gasteiger partial charge in [-0.2, -0.15) is 11.8 Å². The Morgan fingerprint density at radius 3 is 2.69 bits per heavy atom. The summed E-state index contributed by atoms with van der Waals surface area (Å²) in [6.45, 7) is 3.91. The molecule has 2 unspecified atom stereocenters. The van der Waals surface area contributed by atoms with Crippen LogP contribution in [0.5, 0.6) is 0 Å². The Morgan fingerprint density at radius 2 is 2.25 bits per heavy atom. The lowest BCUT2D eigenvalue weighted by Gasteiger charge is -2.29. The molecule has 1 aliphatic carbocycles. The van der Waals surface area contributed by atoms with Gasteiger partial charge in [0.1, 0.15) is 5.54 Å². The Hall–Kier alpha value is -0.260. The number of thioether (sulfide) groups is 1. The highest BCUT2D eigenvalue weighted by Gasteiger charge is 2.39. The van der Waals surface area contributed by atoms with Crippen molar-refractivity contribution in [3.8, 4) is 0 Å². The van der Waals surface area contributed by atoms with Gasteiger partial charge in [-0.1, -0.05) is 6.92 Å². The Bertz CT molecular complexity index is 245. The first-order chi connectivity index (χ1) is 7.48. The van der Waals surface area contributed by atoms with Gasteiger partial charge in [-0.3, -0.25) is 10.1 Å². The first kappa shape index (κ1) is 13.8. The SMILES string of the molecule is CC(CC(C)(NC1CC1)C(=O)O)SCCO. The molecule has 0 saturated heterocycles. The second-order valence-corrected chi connectivity index (χ2v) is 6.21. The van der Waals surface area contributed by atoms with E-state index in [4.69, 9.17) is 5.11 Å². The lowest BCUT2D eigenvalue weighted by molar-refractivity contribution is -0.144. The van der Waals surface area contributed by atoms with Crippen LogP contribution in [0.3, 0.4) is 0 Å². The Morgan fingerprint density at radius 1 is 1.62 bits per heavy atom. The summed E-state index contributed by atoms with van der Waals surface area (Å²) in [7, 11) is 0. The molecular weight excluding hydrogens is 226 g/mol. The summed E-state index contributed by atoms with van der Waals surface area (Å²) in [5.41, 5.74) is -0.830. The van der Waals surface area contributed by atoms with Gasteiger partial charge >= 0.3 is 5.97 Å². The normalized spacial score (nSPS) is 21.4. The molecule has 3 N–H and O–H groups in total. The molecule has 1 saturated carbocycles. The standard InChI is InChI=1S/C11H21NO3S/c1-8(16-6-5-13)7-11(2,10(14)15)12-9-3-4-9/h8-9,12-13H,3-7H2,1-2H3,(H,14,15). The molecular formula is C11H21NO3S.